The summed E-state index contributed by atoms with van der Waals surface area (Å²) in [7, 11) is 1.60. The summed E-state index contributed by atoms with van der Waals surface area (Å²) >= 11 is 0. The molecule has 7 heteroatoms. The molecule has 154 valence electrons. The van der Waals surface area contributed by atoms with E-state index in [9.17, 15) is 9.90 Å². The number of carbonyl (C=O) groups excluding carboxylic acids is 1. The Kier molecular flexibility index (Phi) is 6.28. The minimum atomic E-state index is -0.664. The second-order valence-corrected chi connectivity index (χ2v) is 7.99. The summed E-state index contributed by atoms with van der Waals surface area (Å²) in [6.07, 6.45) is 1.35. The minimum absolute atomic E-state index is 0.0597. The van der Waals surface area contributed by atoms with Gasteiger partial charge >= 0.3 is 0 Å². The van der Waals surface area contributed by atoms with Crippen LogP contribution in [0.15, 0.2) is 24.3 Å². The zero-order valence-corrected chi connectivity index (χ0v) is 16.3. The van der Waals surface area contributed by atoms with Gasteiger partial charge in [-0.3, -0.25) is 4.79 Å². The Hall–Kier alpha value is -1.51. The second kappa shape index (κ2) is 8.88. The molecule has 2 fully saturated rings. The van der Waals surface area contributed by atoms with E-state index in [4.69, 9.17) is 14.2 Å². The number of methoxy groups -OCH3 is 1. The van der Waals surface area contributed by atoms with E-state index in [0.717, 1.165) is 12.8 Å². The maximum Gasteiger partial charge on any atom is 0.222 e. The van der Waals surface area contributed by atoms with E-state index in [0.29, 0.717) is 32.2 Å². The van der Waals surface area contributed by atoms with Crippen molar-refractivity contribution in [2.45, 2.75) is 62.2 Å². The van der Waals surface area contributed by atoms with E-state index < -0.39 is 6.10 Å². The van der Waals surface area contributed by atoms with Crippen molar-refractivity contribution in [1.29, 1.82) is 0 Å². The topological polar surface area (TPSA) is 89.1 Å². The van der Waals surface area contributed by atoms with Crippen molar-refractivity contribution in [3.63, 3.8) is 0 Å². The number of rotatable bonds is 8. The molecule has 2 aliphatic heterocycles. The van der Waals surface area contributed by atoms with Gasteiger partial charge in [0.1, 0.15) is 12.2 Å². The molecule has 1 aliphatic carbocycles. The number of amides is 1. The number of nitrogens with one attached hydrogen (secondary N) is 2. The number of ether oxygens (including phenoxy) is 3. The molecule has 0 saturated carbocycles. The normalized spacial score (nSPS) is 31.7. The molecule has 2 saturated heterocycles. The van der Waals surface area contributed by atoms with Crippen molar-refractivity contribution < 1.29 is 24.1 Å². The lowest BCUT2D eigenvalue weighted by Crippen LogP contribution is -2.42. The minimum Gasteiger partial charge on any atom is -0.388 e. The van der Waals surface area contributed by atoms with E-state index in [1.54, 1.807) is 7.11 Å². The Balaban J connectivity index is 1.20. The quantitative estimate of drug-likeness (QED) is 0.549. The largest absolute Gasteiger partial charge is 0.388 e. The van der Waals surface area contributed by atoms with Gasteiger partial charge in [0.15, 0.2) is 0 Å². The van der Waals surface area contributed by atoms with Gasteiger partial charge < -0.3 is 30.0 Å². The molecule has 0 spiro atoms. The van der Waals surface area contributed by atoms with Crippen LogP contribution >= 0.6 is 0 Å². The summed E-state index contributed by atoms with van der Waals surface area (Å²) in [6.45, 7) is 1.59. The maximum atomic E-state index is 11.9. The summed E-state index contributed by atoms with van der Waals surface area (Å²) in [5.41, 5.74) is 2.81. The molecule has 28 heavy (non-hydrogen) atoms. The van der Waals surface area contributed by atoms with Crippen molar-refractivity contribution in [1.82, 2.24) is 10.6 Å². The summed E-state index contributed by atoms with van der Waals surface area (Å²) in [5.74, 6) is -0.0597. The number of fused-ring (bicyclic) bond motifs is 2. The van der Waals surface area contributed by atoms with Crippen LogP contribution in [-0.2, 0) is 31.8 Å². The molecule has 1 aromatic carbocycles. The van der Waals surface area contributed by atoms with Gasteiger partial charge in [0.2, 0.25) is 5.91 Å². The van der Waals surface area contributed by atoms with Gasteiger partial charge in [-0.2, -0.15) is 0 Å². The highest BCUT2D eigenvalue weighted by Crippen LogP contribution is 2.35. The molecule has 5 atom stereocenters. The van der Waals surface area contributed by atoms with Crippen molar-refractivity contribution in [2.75, 3.05) is 26.8 Å². The van der Waals surface area contributed by atoms with E-state index in [2.05, 4.69) is 34.9 Å². The zero-order chi connectivity index (χ0) is 19.5. The first-order chi connectivity index (χ1) is 13.6. The lowest BCUT2D eigenvalue weighted by molar-refractivity contribution is -0.124. The van der Waals surface area contributed by atoms with Gasteiger partial charge in [0, 0.05) is 32.7 Å². The van der Waals surface area contributed by atoms with Crippen LogP contribution in [-0.4, -0.2) is 74.4 Å². The van der Waals surface area contributed by atoms with Crippen LogP contribution in [0.25, 0.3) is 0 Å². The molecule has 3 N–H and O–H groups in total. The maximum absolute atomic E-state index is 11.9. The fourth-order valence-electron chi connectivity index (χ4n) is 4.57. The van der Waals surface area contributed by atoms with Crippen LogP contribution in [0, 0.1) is 0 Å². The number of carbonyl (C=O) groups is 1. The fourth-order valence-corrected chi connectivity index (χ4v) is 4.57. The van der Waals surface area contributed by atoms with E-state index >= 15 is 0 Å². The van der Waals surface area contributed by atoms with Crippen LogP contribution in [0.1, 0.15) is 24.0 Å². The summed E-state index contributed by atoms with van der Waals surface area (Å²) in [6, 6.07) is 8.91. The summed E-state index contributed by atoms with van der Waals surface area (Å²) < 4.78 is 16.9. The van der Waals surface area contributed by atoms with Crippen molar-refractivity contribution in [3.05, 3.63) is 35.4 Å². The van der Waals surface area contributed by atoms with E-state index in [1.807, 2.05) is 0 Å². The Morgan fingerprint density at radius 2 is 2.00 bits per heavy atom. The van der Waals surface area contributed by atoms with Crippen LogP contribution in [0.2, 0.25) is 0 Å². The highest BCUT2D eigenvalue weighted by molar-refractivity contribution is 5.76. The van der Waals surface area contributed by atoms with Crippen molar-refractivity contribution in [3.8, 4) is 0 Å². The SMILES string of the molecule is COCCNC(=O)CC1CC2OC(CNC3Cc4ccccc4C3)C(O)C2O1. The zero-order valence-electron chi connectivity index (χ0n) is 16.3. The number of aliphatic hydroxyl groups excluding tert-OH is 1. The van der Waals surface area contributed by atoms with Crippen LogP contribution in [0.4, 0.5) is 0 Å². The molecule has 0 radical (unpaired) electrons. The van der Waals surface area contributed by atoms with Crippen LogP contribution in [0.5, 0.6) is 0 Å². The molecule has 1 aromatic rings. The average Bonchev–Trinajstić information content (AvgIpc) is 3.34. The molecular weight excluding hydrogens is 360 g/mol. The molecule has 1 amide bonds. The fraction of sp³-hybridized carbons (Fsp3) is 0.667. The van der Waals surface area contributed by atoms with Crippen molar-refractivity contribution >= 4 is 5.91 Å². The van der Waals surface area contributed by atoms with Gasteiger partial charge in [-0.1, -0.05) is 24.3 Å². The lowest BCUT2D eigenvalue weighted by atomic mass is 10.1. The highest BCUT2D eigenvalue weighted by Gasteiger charge is 2.50. The molecule has 5 unspecified atom stereocenters. The third kappa shape index (κ3) is 4.39. The first-order valence-electron chi connectivity index (χ1n) is 10.2. The smallest absolute Gasteiger partial charge is 0.222 e. The third-order valence-corrected chi connectivity index (χ3v) is 5.98. The van der Waals surface area contributed by atoms with Gasteiger partial charge in [-0.05, 0) is 24.0 Å². The van der Waals surface area contributed by atoms with E-state index in [1.165, 1.54) is 11.1 Å². The first-order valence-corrected chi connectivity index (χ1v) is 10.2. The molecule has 2 heterocycles. The molecule has 7 nitrogen and oxygen atoms in total. The standard InChI is InChI=1S/C21H30N2O5/c1-26-7-6-22-19(24)11-16-10-17-21(27-16)20(25)18(28-17)12-23-15-8-13-4-2-3-5-14(13)9-15/h2-5,15-18,20-21,23,25H,6-12H2,1H3,(H,22,24). The number of hydrogen-bond acceptors (Lipinski definition) is 6. The predicted octanol–water partition coefficient (Wildman–Crippen LogP) is 0.182. The Labute approximate surface area is 165 Å². The molecular formula is C21H30N2O5. The van der Waals surface area contributed by atoms with Gasteiger partial charge in [-0.15, -0.1) is 0 Å². The van der Waals surface area contributed by atoms with Crippen LogP contribution in [0.3, 0.4) is 0 Å². The molecule has 0 aromatic heterocycles. The Bertz CT molecular complexity index is 660. The Morgan fingerprint density at radius 1 is 1.25 bits per heavy atom. The molecule has 0 bridgehead atoms. The summed E-state index contributed by atoms with van der Waals surface area (Å²) in [5, 5.41) is 17.0. The number of aliphatic hydroxyl groups is 1. The monoisotopic (exact) mass is 390 g/mol. The highest BCUT2D eigenvalue weighted by atomic mass is 16.6. The molecule has 4 rings (SSSR count). The van der Waals surface area contributed by atoms with Gasteiger partial charge in [0.25, 0.3) is 0 Å². The average molecular weight is 390 g/mol. The number of benzene rings is 1. The first kappa shape index (κ1) is 19.8. The van der Waals surface area contributed by atoms with Gasteiger partial charge in [0.05, 0.1) is 31.3 Å². The van der Waals surface area contributed by atoms with E-state index in [-0.39, 0.29) is 36.7 Å². The number of hydrogen-bond donors (Lipinski definition) is 3. The Morgan fingerprint density at radius 3 is 2.68 bits per heavy atom. The molecule has 3 aliphatic rings. The van der Waals surface area contributed by atoms with Crippen LogP contribution < -0.4 is 10.6 Å². The van der Waals surface area contributed by atoms with Gasteiger partial charge in [-0.25, -0.2) is 0 Å². The third-order valence-electron chi connectivity index (χ3n) is 5.98. The van der Waals surface area contributed by atoms with Crippen molar-refractivity contribution in [2.24, 2.45) is 0 Å². The summed E-state index contributed by atoms with van der Waals surface area (Å²) in [4.78, 5) is 11.9. The predicted molar refractivity (Wildman–Crippen MR) is 103 cm³/mol. The second-order valence-electron chi connectivity index (χ2n) is 7.99. The lowest BCUT2D eigenvalue weighted by Gasteiger charge is -2.22.